The van der Waals surface area contributed by atoms with Crippen LogP contribution in [0.1, 0.15) is 57.3 Å². The smallest absolute Gasteiger partial charge is 0.216 e. The molecule has 2 unspecified atom stereocenters. The topological polar surface area (TPSA) is 89.3 Å². The molecule has 2 aliphatic rings. The number of nitro groups is 1. The zero-order chi connectivity index (χ0) is 18.7. The zero-order valence-electron chi connectivity index (χ0n) is 14.4. The van der Waals surface area contributed by atoms with E-state index in [0.29, 0.717) is 17.2 Å². The Morgan fingerprint density at radius 1 is 1.27 bits per heavy atom. The van der Waals surface area contributed by atoms with E-state index in [1.165, 1.54) is 34.6 Å². The van der Waals surface area contributed by atoms with Gasteiger partial charge in [0.1, 0.15) is 0 Å². The van der Waals surface area contributed by atoms with Crippen LogP contribution < -0.4 is 5.32 Å². The number of nitrogens with one attached hydrogen (secondary N) is 1. The fourth-order valence-corrected chi connectivity index (χ4v) is 5.42. The van der Waals surface area contributed by atoms with Crippen LogP contribution in [0.4, 0.5) is 0 Å². The Morgan fingerprint density at radius 2 is 2.00 bits per heavy atom. The van der Waals surface area contributed by atoms with Crippen molar-refractivity contribution in [1.82, 2.24) is 5.32 Å². The Hall–Kier alpha value is -2.06. The highest BCUT2D eigenvalue weighted by atomic mass is 32.1. The normalized spacial score (nSPS) is 20.1. The van der Waals surface area contributed by atoms with E-state index in [1.807, 2.05) is 22.8 Å². The molecule has 2 atom stereocenters. The summed E-state index contributed by atoms with van der Waals surface area (Å²) < 4.78 is 0. The number of aryl methyl sites for hydroxylation is 1. The molecule has 0 saturated carbocycles. The van der Waals surface area contributed by atoms with Gasteiger partial charge in [-0.25, -0.2) is 0 Å². The number of ketones is 1. The Kier molecular flexibility index (Phi) is 5.83. The van der Waals surface area contributed by atoms with Crippen LogP contribution >= 0.6 is 22.7 Å². The predicted molar refractivity (Wildman–Crippen MR) is 102 cm³/mol. The molecule has 2 aromatic rings. The highest BCUT2D eigenvalue weighted by molar-refractivity contribution is 7.12. The molecule has 2 heterocycles. The van der Waals surface area contributed by atoms with Crippen LogP contribution in [-0.2, 0) is 11.2 Å². The molecule has 2 aliphatic carbocycles. The van der Waals surface area contributed by atoms with Crippen molar-refractivity contribution in [2.24, 2.45) is 0 Å². The number of fused-ring (bicyclic) bond motifs is 2. The molecule has 26 heavy (non-hydrogen) atoms. The third-order valence-corrected chi connectivity index (χ3v) is 6.69. The third kappa shape index (κ3) is 4.19. The SMILES string of the molecule is CC(=O)NCC1CCc2sccc21.O=C1CC(C[N+](=O)[O-])c2ccsc21. The summed E-state index contributed by atoms with van der Waals surface area (Å²) in [6, 6.07) is 4.01. The zero-order valence-corrected chi connectivity index (χ0v) is 16.0. The molecular weight excluding hydrogens is 372 g/mol. The van der Waals surface area contributed by atoms with Gasteiger partial charge in [0, 0.05) is 35.6 Å². The van der Waals surface area contributed by atoms with Crippen molar-refractivity contribution in [3.8, 4) is 0 Å². The number of nitrogens with zero attached hydrogens (tertiary/aromatic N) is 1. The molecule has 1 N–H and O–H groups in total. The molecule has 0 radical (unpaired) electrons. The molecule has 2 aromatic heterocycles. The van der Waals surface area contributed by atoms with Crippen molar-refractivity contribution in [3.63, 3.8) is 0 Å². The van der Waals surface area contributed by atoms with Crippen LogP contribution in [0, 0.1) is 10.1 Å². The van der Waals surface area contributed by atoms with E-state index < -0.39 is 0 Å². The highest BCUT2D eigenvalue weighted by Gasteiger charge is 2.33. The van der Waals surface area contributed by atoms with Crippen LogP contribution in [0.5, 0.6) is 0 Å². The molecule has 8 heteroatoms. The average molecular weight is 393 g/mol. The van der Waals surface area contributed by atoms with Gasteiger partial charge in [0.25, 0.3) is 0 Å². The molecule has 0 bridgehead atoms. The van der Waals surface area contributed by atoms with E-state index in [-0.39, 0.29) is 29.1 Å². The lowest BCUT2D eigenvalue weighted by Crippen LogP contribution is -2.24. The molecular formula is C18H20N2O4S2. The van der Waals surface area contributed by atoms with Gasteiger partial charge in [0.2, 0.25) is 12.5 Å². The Bertz CT molecular complexity index is 827. The van der Waals surface area contributed by atoms with Crippen molar-refractivity contribution in [2.45, 2.75) is 38.0 Å². The first-order valence-electron chi connectivity index (χ1n) is 8.48. The lowest BCUT2D eigenvalue weighted by atomic mass is 10.0. The Morgan fingerprint density at radius 3 is 2.73 bits per heavy atom. The summed E-state index contributed by atoms with van der Waals surface area (Å²) in [6.45, 7) is 2.25. The fourth-order valence-electron chi connectivity index (χ4n) is 3.49. The Labute approximate surface area is 159 Å². The molecule has 138 valence electrons. The maximum atomic E-state index is 11.3. The van der Waals surface area contributed by atoms with Crippen LogP contribution in [-0.4, -0.2) is 29.7 Å². The van der Waals surface area contributed by atoms with E-state index in [0.717, 1.165) is 12.1 Å². The van der Waals surface area contributed by atoms with Crippen LogP contribution in [0.3, 0.4) is 0 Å². The van der Waals surface area contributed by atoms with Gasteiger partial charge in [-0.15, -0.1) is 22.7 Å². The number of hydrogen-bond donors (Lipinski definition) is 1. The molecule has 6 nitrogen and oxygen atoms in total. The van der Waals surface area contributed by atoms with Crippen LogP contribution in [0.15, 0.2) is 22.9 Å². The number of rotatable bonds is 4. The van der Waals surface area contributed by atoms with Gasteiger partial charge < -0.3 is 5.32 Å². The summed E-state index contributed by atoms with van der Waals surface area (Å²) >= 11 is 3.22. The van der Waals surface area contributed by atoms with E-state index in [1.54, 1.807) is 6.92 Å². The first kappa shape index (κ1) is 18.7. The summed E-state index contributed by atoms with van der Waals surface area (Å²) in [6.07, 6.45) is 2.70. The minimum absolute atomic E-state index is 0.0526. The van der Waals surface area contributed by atoms with Gasteiger partial charge in [-0.3, -0.25) is 19.7 Å². The van der Waals surface area contributed by atoms with Gasteiger partial charge in [-0.05, 0) is 46.9 Å². The van der Waals surface area contributed by atoms with Gasteiger partial charge in [0.15, 0.2) is 5.78 Å². The second-order valence-electron chi connectivity index (χ2n) is 6.52. The number of hydrogen-bond acceptors (Lipinski definition) is 6. The summed E-state index contributed by atoms with van der Waals surface area (Å²) in [5.41, 5.74) is 2.32. The van der Waals surface area contributed by atoms with Crippen LogP contribution in [0.25, 0.3) is 0 Å². The van der Waals surface area contributed by atoms with Gasteiger partial charge >= 0.3 is 0 Å². The first-order valence-corrected chi connectivity index (χ1v) is 10.2. The predicted octanol–water partition coefficient (Wildman–Crippen LogP) is 3.61. The van der Waals surface area contributed by atoms with Gasteiger partial charge in [-0.2, -0.15) is 0 Å². The third-order valence-electron chi connectivity index (χ3n) is 4.73. The lowest BCUT2D eigenvalue weighted by Gasteiger charge is -2.09. The summed E-state index contributed by atoms with van der Waals surface area (Å²) in [5.74, 6) is 0.495. The number of carbonyl (C=O) groups is 2. The van der Waals surface area contributed by atoms with Crippen molar-refractivity contribution in [1.29, 1.82) is 0 Å². The van der Waals surface area contributed by atoms with Gasteiger partial charge in [-0.1, -0.05) is 0 Å². The van der Waals surface area contributed by atoms with E-state index >= 15 is 0 Å². The second-order valence-corrected chi connectivity index (χ2v) is 8.43. The molecule has 0 spiro atoms. The first-order chi connectivity index (χ1) is 12.5. The maximum absolute atomic E-state index is 11.3. The summed E-state index contributed by atoms with van der Waals surface area (Å²) in [5, 5.41) is 17.1. The Balaban J connectivity index is 0.000000151. The quantitative estimate of drug-likeness (QED) is 0.636. The lowest BCUT2D eigenvalue weighted by molar-refractivity contribution is -0.483. The van der Waals surface area contributed by atoms with Crippen molar-refractivity contribution in [3.05, 3.63) is 53.9 Å². The minimum atomic E-state index is -0.356. The molecule has 0 saturated heterocycles. The highest BCUT2D eigenvalue weighted by Crippen LogP contribution is 2.37. The molecule has 1 amide bonds. The average Bonchev–Trinajstić information content (AvgIpc) is 3.31. The maximum Gasteiger partial charge on any atom is 0.216 e. The van der Waals surface area contributed by atoms with E-state index in [9.17, 15) is 19.7 Å². The second kappa shape index (κ2) is 8.09. The van der Waals surface area contributed by atoms with E-state index in [4.69, 9.17) is 0 Å². The van der Waals surface area contributed by atoms with Crippen molar-refractivity contribution in [2.75, 3.05) is 13.1 Å². The molecule has 0 aromatic carbocycles. The number of Topliss-reactive ketones (excluding diaryl/α,β-unsaturated/α-hetero) is 1. The van der Waals surface area contributed by atoms with Crippen molar-refractivity contribution >= 4 is 34.4 Å². The molecule has 0 aliphatic heterocycles. The standard InChI is InChI=1S/C10H13NOS.C8H7NO3S/c1-7(12)11-6-8-2-3-10-9(8)4-5-13-10;10-7-3-5(4-9(11)12)6-1-2-13-8(6)7/h4-5,8H,2-3,6H2,1H3,(H,11,12);1-2,5H,3-4H2. The monoisotopic (exact) mass is 392 g/mol. The van der Waals surface area contributed by atoms with Crippen molar-refractivity contribution < 1.29 is 14.5 Å². The summed E-state index contributed by atoms with van der Waals surface area (Å²) in [4.78, 5) is 34.2. The van der Waals surface area contributed by atoms with Gasteiger partial charge in [0.05, 0.1) is 10.8 Å². The molecule has 4 rings (SSSR count). The molecule has 0 fully saturated rings. The number of thiophene rings is 2. The largest absolute Gasteiger partial charge is 0.356 e. The fraction of sp³-hybridized carbons (Fsp3) is 0.444. The number of amides is 1. The van der Waals surface area contributed by atoms with E-state index in [2.05, 4.69) is 16.8 Å². The summed E-state index contributed by atoms with van der Waals surface area (Å²) in [7, 11) is 0. The minimum Gasteiger partial charge on any atom is -0.356 e. The number of carbonyl (C=O) groups excluding carboxylic acids is 2. The van der Waals surface area contributed by atoms with Crippen LogP contribution in [0.2, 0.25) is 0 Å².